The van der Waals surface area contributed by atoms with E-state index in [2.05, 4.69) is 17.0 Å². The third-order valence-corrected chi connectivity index (χ3v) is 7.71. The molecule has 1 aromatic carbocycles. The molecule has 30 heavy (non-hydrogen) atoms. The fourth-order valence-electron chi connectivity index (χ4n) is 5.52. The van der Waals surface area contributed by atoms with Gasteiger partial charge in [-0.25, -0.2) is 4.39 Å². The van der Waals surface area contributed by atoms with Gasteiger partial charge < -0.3 is 14.4 Å². The Kier molecular flexibility index (Phi) is 6.47. The topological polar surface area (TPSA) is 38.8 Å². The maximum atomic E-state index is 13.4. The van der Waals surface area contributed by atoms with Crippen molar-refractivity contribution in [1.82, 2.24) is 4.90 Å². The predicted molar refractivity (Wildman–Crippen MR) is 115 cm³/mol. The molecule has 164 valence electrons. The monoisotopic (exact) mass is 415 g/mol. The van der Waals surface area contributed by atoms with E-state index >= 15 is 0 Å². The average molecular weight is 416 g/mol. The zero-order chi connectivity index (χ0) is 21.0. The molecule has 0 unspecified atom stereocenters. The Balaban J connectivity index is 1.39. The Hall–Kier alpha value is -1.88. The first-order valence-corrected chi connectivity index (χ1v) is 11.5. The number of carbonyl (C=O) groups excluding carboxylic acids is 1. The number of hydrogen-bond donors (Lipinski definition) is 0. The number of amides is 1. The SMILES string of the molecule is CC/C(=C\F)COc1ccc(C23CCC(C(=O)N4CCCOCC4)(CC2)CC3)cc1. The molecule has 4 nitrogen and oxygen atoms in total. The number of ether oxygens (including phenoxy) is 2. The normalized spacial score (nSPS) is 29.5. The molecule has 4 fully saturated rings. The van der Waals surface area contributed by atoms with Crippen LogP contribution in [0.15, 0.2) is 36.2 Å². The van der Waals surface area contributed by atoms with Crippen LogP contribution in [-0.2, 0) is 14.9 Å². The van der Waals surface area contributed by atoms with Gasteiger partial charge in [-0.05, 0) is 80.1 Å². The van der Waals surface area contributed by atoms with Crippen molar-refractivity contribution in [2.75, 3.05) is 32.9 Å². The summed E-state index contributed by atoms with van der Waals surface area (Å²) in [6.07, 6.45) is 8.44. The molecule has 1 amide bonds. The Bertz CT molecular complexity index is 741. The van der Waals surface area contributed by atoms with Crippen molar-refractivity contribution in [1.29, 1.82) is 0 Å². The first-order valence-electron chi connectivity index (χ1n) is 11.5. The maximum Gasteiger partial charge on any atom is 0.228 e. The summed E-state index contributed by atoms with van der Waals surface area (Å²) >= 11 is 0. The third-order valence-electron chi connectivity index (χ3n) is 7.71. The molecular weight excluding hydrogens is 381 g/mol. The molecule has 5 heteroatoms. The smallest absolute Gasteiger partial charge is 0.228 e. The lowest BCUT2D eigenvalue weighted by molar-refractivity contribution is -0.149. The largest absolute Gasteiger partial charge is 0.489 e. The van der Waals surface area contributed by atoms with Crippen LogP contribution in [0.1, 0.15) is 63.9 Å². The van der Waals surface area contributed by atoms with E-state index in [0.717, 1.165) is 70.4 Å². The highest BCUT2D eigenvalue weighted by Gasteiger charge is 2.53. The van der Waals surface area contributed by atoms with E-state index in [4.69, 9.17) is 9.47 Å². The summed E-state index contributed by atoms with van der Waals surface area (Å²) in [5.74, 6) is 1.15. The Morgan fingerprint density at radius 1 is 1.10 bits per heavy atom. The Morgan fingerprint density at radius 3 is 2.43 bits per heavy atom. The van der Waals surface area contributed by atoms with E-state index in [1.54, 1.807) is 0 Å². The van der Waals surface area contributed by atoms with Crippen LogP contribution >= 0.6 is 0 Å². The number of halogens is 1. The second kappa shape index (κ2) is 9.09. The number of carbonyl (C=O) groups is 1. The van der Waals surface area contributed by atoms with Crippen LogP contribution in [0.2, 0.25) is 0 Å². The molecule has 0 atom stereocenters. The van der Waals surface area contributed by atoms with Gasteiger partial charge in [0.2, 0.25) is 5.91 Å². The maximum absolute atomic E-state index is 13.4. The van der Waals surface area contributed by atoms with Crippen molar-refractivity contribution >= 4 is 5.91 Å². The summed E-state index contributed by atoms with van der Waals surface area (Å²) < 4.78 is 24.0. The molecule has 0 N–H and O–H groups in total. The lowest BCUT2D eigenvalue weighted by Crippen LogP contribution is -2.53. The Morgan fingerprint density at radius 2 is 1.80 bits per heavy atom. The molecule has 1 aliphatic heterocycles. The minimum atomic E-state index is -0.148. The number of nitrogens with zero attached hydrogens (tertiary/aromatic N) is 1. The van der Waals surface area contributed by atoms with Crippen LogP contribution in [0.25, 0.3) is 0 Å². The molecule has 4 aliphatic rings. The molecule has 0 radical (unpaired) electrons. The fraction of sp³-hybridized carbons (Fsp3) is 0.640. The summed E-state index contributed by atoms with van der Waals surface area (Å²) in [6, 6.07) is 8.36. The van der Waals surface area contributed by atoms with Gasteiger partial charge in [-0.2, -0.15) is 0 Å². The van der Waals surface area contributed by atoms with Crippen LogP contribution in [0.4, 0.5) is 4.39 Å². The molecule has 5 rings (SSSR count). The summed E-state index contributed by atoms with van der Waals surface area (Å²) in [4.78, 5) is 15.4. The molecule has 1 aromatic rings. The molecule has 3 saturated carbocycles. The molecule has 1 saturated heterocycles. The molecule has 2 bridgehead atoms. The summed E-state index contributed by atoms with van der Waals surface area (Å²) in [5, 5.41) is 0. The number of benzene rings is 1. The minimum absolute atomic E-state index is 0.148. The molecule has 0 aromatic heterocycles. The van der Waals surface area contributed by atoms with Gasteiger partial charge in [-0.15, -0.1) is 0 Å². The van der Waals surface area contributed by atoms with E-state index in [9.17, 15) is 9.18 Å². The Labute approximate surface area is 179 Å². The van der Waals surface area contributed by atoms with Crippen molar-refractivity contribution in [3.05, 3.63) is 41.7 Å². The molecule has 1 heterocycles. The van der Waals surface area contributed by atoms with Gasteiger partial charge in [0.15, 0.2) is 0 Å². The lowest BCUT2D eigenvalue weighted by atomic mass is 9.51. The van der Waals surface area contributed by atoms with Crippen molar-refractivity contribution in [2.24, 2.45) is 5.41 Å². The first-order chi connectivity index (χ1) is 14.6. The molecule has 3 aliphatic carbocycles. The zero-order valence-electron chi connectivity index (χ0n) is 18.1. The van der Waals surface area contributed by atoms with Gasteiger partial charge in [-0.3, -0.25) is 4.79 Å². The van der Waals surface area contributed by atoms with Gasteiger partial charge in [0.05, 0.1) is 12.9 Å². The van der Waals surface area contributed by atoms with Crippen molar-refractivity contribution < 1.29 is 18.7 Å². The van der Waals surface area contributed by atoms with Gasteiger partial charge in [0, 0.05) is 25.1 Å². The van der Waals surface area contributed by atoms with Crippen LogP contribution in [-0.4, -0.2) is 43.7 Å². The summed E-state index contributed by atoms with van der Waals surface area (Å²) in [7, 11) is 0. The summed E-state index contributed by atoms with van der Waals surface area (Å²) in [6.45, 7) is 5.23. The number of fused-ring (bicyclic) bond motifs is 3. The van der Waals surface area contributed by atoms with E-state index in [1.165, 1.54) is 5.56 Å². The van der Waals surface area contributed by atoms with Crippen LogP contribution < -0.4 is 4.74 Å². The van der Waals surface area contributed by atoms with E-state index in [0.29, 0.717) is 37.4 Å². The summed E-state index contributed by atoms with van der Waals surface area (Å²) in [5.41, 5.74) is 2.06. The third kappa shape index (κ3) is 4.14. The highest BCUT2D eigenvalue weighted by atomic mass is 19.1. The molecule has 0 spiro atoms. The second-order valence-corrected chi connectivity index (χ2v) is 9.25. The number of hydrogen-bond acceptors (Lipinski definition) is 3. The fourth-order valence-corrected chi connectivity index (χ4v) is 5.52. The highest BCUT2D eigenvalue weighted by molar-refractivity contribution is 5.83. The number of rotatable bonds is 6. The quantitative estimate of drug-likeness (QED) is 0.643. The van der Waals surface area contributed by atoms with Crippen LogP contribution in [0.5, 0.6) is 5.75 Å². The van der Waals surface area contributed by atoms with Gasteiger partial charge in [0.25, 0.3) is 0 Å². The van der Waals surface area contributed by atoms with Crippen LogP contribution in [0.3, 0.4) is 0 Å². The predicted octanol–water partition coefficient (Wildman–Crippen LogP) is 5.17. The highest BCUT2D eigenvalue weighted by Crippen LogP contribution is 2.58. The van der Waals surface area contributed by atoms with Crippen molar-refractivity contribution in [3.8, 4) is 5.75 Å². The average Bonchev–Trinajstić information content (AvgIpc) is 3.10. The second-order valence-electron chi connectivity index (χ2n) is 9.25. The zero-order valence-corrected chi connectivity index (χ0v) is 18.1. The van der Waals surface area contributed by atoms with E-state index in [1.807, 2.05) is 19.1 Å². The van der Waals surface area contributed by atoms with Gasteiger partial charge in [0.1, 0.15) is 12.4 Å². The van der Waals surface area contributed by atoms with Crippen molar-refractivity contribution in [3.63, 3.8) is 0 Å². The first kappa shape index (κ1) is 21.4. The van der Waals surface area contributed by atoms with Gasteiger partial charge >= 0.3 is 0 Å². The van der Waals surface area contributed by atoms with E-state index < -0.39 is 0 Å². The van der Waals surface area contributed by atoms with Crippen LogP contribution in [0, 0.1) is 5.41 Å². The van der Waals surface area contributed by atoms with Gasteiger partial charge in [-0.1, -0.05) is 19.1 Å². The van der Waals surface area contributed by atoms with E-state index in [-0.39, 0.29) is 10.8 Å². The minimum Gasteiger partial charge on any atom is -0.489 e. The molecular formula is C25H34FNO3. The standard InChI is InChI=1S/C25H34FNO3/c1-2-20(18-26)19-30-22-6-4-21(5-7-22)24-8-11-25(12-9-24,13-10-24)23(28)27-14-3-16-29-17-15-27/h4-7,18H,2-3,8-17,19H2,1H3/b20-18+. The van der Waals surface area contributed by atoms with Crippen molar-refractivity contribution in [2.45, 2.75) is 63.7 Å². The lowest BCUT2D eigenvalue weighted by Gasteiger charge is -2.53.